The fourth-order valence-corrected chi connectivity index (χ4v) is 4.82. The van der Waals surface area contributed by atoms with Crippen molar-refractivity contribution in [1.29, 1.82) is 0 Å². The predicted octanol–water partition coefficient (Wildman–Crippen LogP) is 2.08. The zero-order valence-electron chi connectivity index (χ0n) is 20.8. The zero-order chi connectivity index (χ0) is 24.8. The average molecular weight is 482 g/mol. The zero-order valence-corrected chi connectivity index (χ0v) is 20.8. The first kappa shape index (κ1) is 24.9. The lowest BCUT2D eigenvalue weighted by Gasteiger charge is -2.31. The maximum atomic E-state index is 12.8. The molecular formula is C27H35N3O5. The number of carbonyl (C=O) groups excluding carboxylic acids is 2. The minimum atomic E-state index is -0.144. The smallest absolute Gasteiger partial charge is 0.257 e. The summed E-state index contributed by atoms with van der Waals surface area (Å²) in [7, 11) is 4.89. The molecule has 188 valence electrons. The maximum Gasteiger partial charge on any atom is 0.257 e. The number of ether oxygens (including phenoxy) is 3. The van der Waals surface area contributed by atoms with Gasteiger partial charge in [-0.25, -0.2) is 0 Å². The molecule has 8 nitrogen and oxygen atoms in total. The van der Waals surface area contributed by atoms with Gasteiger partial charge in [-0.2, -0.15) is 0 Å². The number of hydrogen-bond donors (Lipinski definition) is 2. The Labute approximate surface area is 206 Å². The number of amides is 2. The molecule has 1 aliphatic carbocycles. The van der Waals surface area contributed by atoms with E-state index in [0.717, 1.165) is 56.1 Å². The third-order valence-electron chi connectivity index (χ3n) is 6.94. The number of methoxy groups -OCH3 is 2. The van der Waals surface area contributed by atoms with Crippen LogP contribution in [0.4, 0.5) is 0 Å². The Morgan fingerprint density at radius 3 is 2.29 bits per heavy atom. The molecule has 0 spiro atoms. The van der Waals surface area contributed by atoms with E-state index in [9.17, 15) is 9.59 Å². The molecule has 4 rings (SSSR count). The number of nitrogens with one attached hydrogen (secondary N) is 2. The number of benzene rings is 2. The summed E-state index contributed by atoms with van der Waals surface area (Å²) in [6, 6.07) is 10.1. The summed E-state index contributed by atoms with van der Waals surface area (Å²) in [4.78, 5) is 26.1. The van der Waals surface area contributed by atoms with Crippen LogP contribution in [0.15, 0.2) is 30.3 Å². The lowest BCUT2D eigenvalue weighted by atomic mass is 9.77. The third-order valence-corrected chi connectivity index (χ3v) is 6.94. The van der Waals surface area contributed by atoms with Gasteiger partial charge in [-0.3, -0.25) is 9.59 Å². The second-order valence-corrected chi connectivity index (χ2v) is 9.03. The quantitative estimate of drug-likeness (QED) is 0.505. The summed E-state index contributed by atoms with van der Waals surface area (Å²) in [6.07, 6.45) is 3.12. The molecule has 0 fully saturated rings. The molecule has 0 radical (unpaired) electrons. The number of carbonyl (C=O) groups is 2. The highest BCUT2D eigenvalue weighted by Crippen LogP contribution is 2.37. The van der Waals surface area contributed by atoms with E-state index < -0.39 is 0 Å². The third kappa shape index (κ3) is 5.88. The minimum absolute atomic E-state index is 0.0276. The van der Waals surface area contributed by atoms with Gasteiger partial charge in [-0.05, 0) is 65.8 Å². The van der Waals surface area contributed by atoms with E-state index in [4.69, 9.17) is 14.2 Å². The van der Waals surface area contributed by atoms with Gasteiger partial charge in [-0.1, -0.05) is 6.07 Å². The largest absolute Gasteiger partial charge is 0.493 e. The Morgan fingerprint density at radius 2 is 1.69 bits per heavy atom. The normalized spacial score (nSPS) is 16.3. The van der Waals surface area contributed by atoms with Crippen LogP contribution < -0.4 is 24.8 Å². The summed E-state index contributed by atoms with van der Waals surface area (Å²) in [6.45, 7) is 3.00. The van der Waals surface area contributed by atoms with E-state index in [-0.39, 0.29) is 18.4 Å². The maximum absolute atomic E-state index is 12.8. The van der Waals surface area contributed by atoms with Crippen molar-refractivity contribution in [2.24, 2.45) is 0 Å². The lowest BCUT2D eigenvalue weighted by Crippen LogP contribution is -2.36. The van der Waals surface area contributed by atoms with Crippen molar-refractivity contribution >= 4 is 11.8 Å². The fourth-order valence-electron chi connectivity index (χ4n) is 4.82. The van der Waals surface area contributed by atoms with Gasteiger partial charge in [-0.15, -0.1) is 0 Å². The first-order chi connectivity index (χ1) is 17.0. The Balaban J connectivity index is 1.19. The van der Waals surface area contributed by atoms with Crippen LogP contribution in [0.1, 0.15) is 34.6 Å². The molecule has 2 aromatic carbocycles. The molecule has 0 saturated heterocycles. The first-order valence-corrected chi connectivity index (χ1v) is 12.2. The molecule has 2 aliphatic rings. The molecule has 1 aliphatic heterocycles. The van der Waals surface area contributed by atoms with Crippen LogP contribution in [0.2, 0.25) is 0 Å². The second-order valence-electron chi connectivity index (χ2n) is 9.03. The van der Waals surface area contributed by atoms with Crippen molar-refractivity contribution in [1.82, 2.24) is 15.5 Å². The number of nitrogens with zero attached hydrogens (tertiary/aromatic N) is 1. The van der Waals surface area contributed by atoms with E-state index >= 15 is 0 Å². The summed E-state index contributed by atoms with van der Waals surface area (Å²) in [5.74, 6) is 2.69. The van der Waals surface area contributed by atoms with E-state index in [1.807, 2.05) is 29.2 Å². The summed E-state index contributed by atoms with van der Waals surface area (Å²) < 4.78 is 16.4. The highest BCUT2D eigenvalue weighted by Gasteiger charge is 2.26. The number of likely N-dealkylation sites (N-methyl/N-ethyl adjacent to an activating group) is 1. The molecule has 0 bridgehead atoms. The molecule has 8 heteroatoms. The van der Waals surface area contributed by atoms with Crippen LogP contribution in [0.25, 0.3) is 0 Å². The van der Waals surface area contributed by atoms with Gasteiger partial charge in [0.25, 0.3) is 5.91 Å². The Bertz CT molecular complexity index is 1040. The highest BCUT2D eigenvalue weighted by atomic mass is 16.5. The molecule has 0 saturated carbocycles. The van der Waals surface area contributed by atoms with Crippen LogP contribution in [0.5, 0.6) is 17.2 Å². The van der Waals surface area contributed by atoms with E-state index in [1.165, 1.54) is 22.3 Å². The number of fused-ring (bicyclic) bond motifs is 2. The van der Waals surface area contributed by atoms with Crippen LogP contribution in [0.3, 0.4) is 0 Å². The van der Waals surface area contributed by atoms with Crippen LogP contribution in [-0.4, -0.2) is 70.8 Å². The van der Waals surface area contributed by atoms with E-state index in [1.54, 1.807) is 21.3 Å². The van der Waals surface area contributed by atoms with Crippen molar-refractivity contribution in [3.63, 3.8) is 0 Å². The molecule has 2 N–H and O–H groups in total. The predicted molar refractivity (Wildman–Crippen MR) is 133 cm³/mol. The first-order valence-electron chi connectivity index (χ1n) is 12.2. The molecule has 35 heavy (non-hydrogen) atoms. The van der Waals surface area contributed by atoms with Gasteiger partial charge in [0, 0.05) is 45.6 Å². The van der Waals surface area contributed by atoms with Gasteiger partial charge in [0.1, 0.15) is 5.75 Å². The lowest BCUT2D eigenvalue weighted by molar-refractivity contribution is -0.131. The SMILES string of the molecule is CNC(=O)COc1ccc2c(c1)CC2CNCCC(=O)N1CCc2cc(OC)c(OC)cc2CC1. The average Bonchev–Trinajstić information content (AvgIpc) is 3.08. The summed E-state index contributed by atoms with van der Waals surface area (Å²) in [5, 5.41) is 6.01. The highest BCUT2D eigenvalue weighted by molar-refractivity contribution is 5.77. The van der Waals surface area contributed by atoms with Crippen molar-refractivity contribution in [2.75, 3.05) is 54.1 Å². The topological polar surface area (TPSA) is 89.1 Å². The van der Waals surface area contributed by atoms with Gasteiger partial charge in [0.05, 0.1) is 14.2 Å². The van der Waals surface area contributed by atoms with Crippen molar-refractivity contribution < 1.29 is 23.8 Å². The van der Waals surface area contributed by atoms with Crippen LogP contribution in [0, 0.1) is 0 Å². The summed E-state index contributed by atoms with van der Waals surface area (Å²) in [5.41, 5.74) is 5.02. The molecule has 1 heterocycles. The molecule has 0 aromatic heterocycles. The monoisotopic (exact) mass is 481 g/mol. The molecule has 1 unspecified atom stereocenters. The van der Waals surface area contributed by atoms with Gasteiger partial charge >= 0.3 is 0 Å². The van der Waals surface area contributed by atoms with Crippen LogP contribution >= 0.6 is 0 Å². The van der Waals surface area contributed by atoms with Crippen molar-refractivity contribution in [2.45, 2.75) is 31.6 Å². The second kappa shape index (κ2) is 11.4. The Morgan fingerprint density at radius 1 is 1.00 bits per heavy atom. The molecule has 2 amide bonds. The fraction of sp³-hybridized carbons (Fsp3) is 0.481. The Hall–Kier alpha value is -3.26. The molecule has 1 atom stereocenters. The van der Waals surface area contributed by atoms with E-state index in [0.29, 0.717) is 18.9 Å². The van der Waals surface area contributed by atoms with E-state index in [2.05, 4.69) is 16.7 Å². The molecule has 2 aromatic rings. The van der Waals surface area contributed by atoms with Gasteiger partial charge < -0.3 is 29.7 Å². The van der Waals surface area contributed by atoms with Crippen LogP contribution in [-0.2, 0) is 28.9 Å². The van der Waals surface area contributed by atoms with Crippen molar-refractivity contribution in [3.05, 3.63) is 52.6 Å². The van der Waals surface area contributed by atoms with Crippen molar-refractivity contribution in [3.8, 4) is 17.2 Å². The minimum Gasteiger partial charge on any atom is -0.493 e. The summed E-state index contributed by atoms with van der Waals surface area (Å²) >= 11 is 0. The molecular weight excluding hydrogens is 446 g/mol. The van der Waals surface area contributed by atoms with Gasteiger partial charge in [0.15, 0.2) is 18.1 Å². The number of hydrogen-bond acceptors (Lipinski definition) is 6. The Kier molecular flexibility index (Phi) is 8.13. The number of rotatable bonds is 10. The van der Waals surface area contributed by atoms with Gasteiger partial charge in [0.2, 0.25) is 5.91 Å². The standard InChI is InChI=1S/C27H35N3O5/c1-28-26(31)17-35-22-4-5-23-20(13-22)12-21(23)16-29-9-6-27(32)30-10-7-18-14-24(33-2)25(34-3)15-19(18)8-11-30/h4-5,13-15,21,29H,6-12,16-17H2,1-3H3,(H,28,31).